The number of hydrogen-bond acceptors (Lipinski definition) is 8. The van der Waals surface area contributed by atoms with Crippen LogP contribution in [0.25, 0.3) is 0 Å². The number of hydrogen-bond donors (Lipinski definition) is 2. The Kier molecular flexibility index (Phi) is 33.4. The van der Waals surface area contributed by atoms with E-state index < -0.39 is 32.5 Å². The lowest BCUT2D eigenvalue weighted by Gasteiger charge is -2.19. The Morgan fingerprint density at radius 1 is 0.633 bits per heavy atom. The standard InChI is InChI=1S/C39H66NO8P/c1-3-5-7-9-11-13-15-17-18-20-21-23-25-27-29-31-38(41)45-35-37(36-47-49(43,44)46-34-33-40)48-39(42)32-30-28-26-24-22-19-16-14-12-10-8-6-4-2/h6,8,10,12-16,19,22,24,26,37H,3-5,7,9,11,17-18,20-21,23,25,27-36,40H2,1-2H3,(H,43,44)/b8-6+,12-10+,15-13+,16-14+,22-19+,26-24+. The summed E-state index contributed by atoms with van der Waals surface area (Å²) in [6.07, 6.45) is 40.9. The molecule has 49 heavy (non-hydrogen) atoms. The average Bonchev–Trinajstić information content (AvgIpc) is 3.08. The lowest BCUT2D eigenvalue weighted by molar-refractivity contribution is -0.161. The Labute approximate surface area is 297 Å². The molecule has 0 spiro atoms. The van der Waals surface area contributed by atoms with Gasteiger partial charge in [-0.1, -0.05) is 138 Å². The van der Waals surface area contributed by atoms with E-state index in [1.165, 1.54) is 51.4 Å². The SMILES string of the molecule is CC/C=C/C=C/C=C/C=C/C=C/CCCC(=O)OC(COC(=O)CCCCCCCCC/C=C/CCCCCC)COP(=O)(O)OCCN. The Morgan fingerprint density at radius 3 is 1.78 bits per heavy atom. The molecule has 0 aromatic rings. The van der Waals surface area contributed by atoms with E-state index in [1.54, 1.807) is 0 Å². The van der Waals surface area contributed by atoms with E-state index in [9.17, 15) is 19.0 Å². The smallest absolute Gasteiger partial charge is 0.462 e. The maximum absolute atomic E-state index is 12.5. The topological polar surface area (TPSA) is 134 Å². The molecular weight excluding hydrogens is 641 g/mol. The maximum Gasteiger partial charge on any atom is 0.472 e. The summed E-state index contributed by atoms with van der Waals surface area (Å²) in [5.41, 5.74) is 5.32. The molecule has 0 fully saturated rings. The molecule has 0 saturated carbocycles. The van der Waals surface area contributed by atoms with Crippen LogP contribution in [-0.2, 0) is 32.7 Å². The number of nitrogens with two attached hydrogens (primary N) is 1. The number of carbonyl (C=O) groups excluding carboxylic acids is 2. The highest BCUT2D eigenvalue weighted by Gasteiger charge is 2.25. The molecule has 0 amide bonds. The molecular formula is C39H66NO8P. The quantitative estimate of drug-likeness (QED) is 0.0225. The van der Waals surface area contributed by atoms with Gasteiger partial charge in [0.05, 0.1) is 13.2 Å². The second-order valence-corrected chi connectivity index (χ2v) is 13.3. The molecule has 9 nitrogen and oxygen atoms in total. The first-order valence-electron chi connectivity index (χ1n) is 18.5. The van der Waals surface area contributed by atoms with Gasteiger partial charge in [-0.3, -0.25) is 18.6 Å². The summed E-state index contributed by atoms with van der Waals surface area (Å²) >= 11 is 0. The average molecular weight is 708 g/mol. The summed E-state index contributed by atoms with van der Waals surface area (Å²) in [5, 5.41) is 0. The normalized spacial score (nSPS) is 14.3. The van der Waals surface area contributed by atoms with Crippen molar-refractivity contribution in [3.63, 3.8) is 0 Å². The molecule has 0 saturated heterocycles. The van der Waals surface area contributed by atoms with Crippen LogP contribution in [0, 0.1) is 0 Å². The number of rotatable bonds is 33. The Morgan fingerprint density at radius 2 is 1.16 bits per heavy atom. The maximum atomic E-state index is 12.5. The second-order valence-electron chi connectivity index (χ2n) is 11.8. The van der Waals surface area contributed by atoms with Crippen LogP contribution in [0.3, 0.4) is 0 Å². The van der Waals surface area contributed by atoms with Gasteiger partial charge in [0.1, 0.15) is 6.61 Å². The molecule has 0 radical (unpaired) electrons. The number of phosphoric acid groups is 1. The zero-order chi connectivity index (χ0) is 36.1. The molecule has 0 heterocycles. The van der Waals surface area contributed by atoms with Crippen LogP contribution in [0.1, 0.15) is 129 Å². The Bertz CT molecular complexity index is 1030. The lowest BCUT2D eigenvalue weighted by Crippen LogP contribution is -2.29. The fraction of sp³-hybridized carbons (Fsp3) is 0.641. The highest BCUT2D eigenvalue weighted by molar-refractivity contribution is 7.47. The number of unbranched alkanes of at least 4 members (excludes halogenated alkanes) is 12. The highest BCUT2D eigenvalue weighted by atomic mass is 31.2. The fourth-order valence-corrected chi connectivity index (χ4v) is 5.25. The van der Waals surface area contributed by atoms with Gasteiger partial charge in [-0.15, -0.1) is 0 Å². The first-order chi connectivity index (χ1) is 23.8. The summed E-state index contributed by atoms with van der Waals surface area (Å²) in [5.74, 6) is -0.930. The minimum absolute atomic E-state index is 0.0378. The molecule has 0 aliphatic rings. The summed E-state index contributed by atoms with van der Waals surface area (Å²) in [4.78, 5) is 34.6. The van der Waals surface area contributed by atoms with E-state index >= 15 is 0 Å². The van der Waals surface area contributed by atoms with Gasteiger partial charge in [0.2, 0.25) is 0 Å². The minimum atomic E-state index is -4.39. The van der Waals surface area contributed by atoms with Crippen LogP contribution in [0.15, 0.2) is 72.9 Å². The number of esters is 2. The van der Waals surface area contributed by atoms with Crippen LogP contribution < -0.4 is 5.73 Å². The van der Waals surface area contributed by atoms with Crippen molar-refractivity contribution >= 4 is 19.8 Å². The predicted molar refractivity (Wildman–Crippen MR) is 201 cm³/mol. The van der Waals surface area contributed by atoms with E-state index in [0.717, 1.165) is 32.1 Å². The van der Waals surface area contributed by atoms with Gasteiger partial charge in [-0.2, -0.15) is 0 Å². The van der Waals surface area contributed by atoms with Gasteiger partial charge >= 0.3 is 19.8 Å². The van der Waals surface area contributed by atoms with Crippen molar-refractivity contribution < 1.29 is 37.6 Å². The molecule has 0 aromatic carbocycles. The van der Waals surface area contributed by atoms with Gasteiger partial charge in [0.25, 0.3) is 0 Å². The number of carbonyl (C=O) groups is 2. The molecule has 0 aromatic heterocycles. The zero-order valence-corrected chi connectivity index (χ0v) is 31.3. The second kappa shape index (κ2) is 35.3. The third-order valence-electron chi connectivity index (χ3n) is 7.20. The molecule has 0 bridgehead atoms. The molecule has 0 aliphatic carbocycles. The third-order valence-corrected chi connectivity index (χ3v) is 8.19. The molecule has 0 aliphatic heterocycles. The van der Waals surface area contributed by atoms with Gasteiger partial charge in [-0.05, 0) is 51.4 Å². The fourth-order valence-electron chi connectivity index (χ4n) is 4.48. The Hall–Kier alpha value is -2.55. The minimum Gasteiger partial charge on any atom is -0.462 e. The molecule has 0 rings (SSSR count). The number of allylic oxidation sites excluding steroid dienone is 12. The van der Waals surface area contributed by atoms with Gasteiger partial charge in [-0.25, -0.2) is 4.57 Å². The highest BCUT2D eigenvalue weighted by Crippen LogP contribution is 2.43. The summed E-state index contributed by atoms with van der Waals surface area (Å²) in [7, 11) is -4.39. The van der Waals surface area contributed by atoms with Crippen LogP contribution >= 0.6 is 7.82 Å². The van der Waals surface area contributed by atoms with E-state index in [-0.39, 0.29) is 32.6 Å². The molecule has 2 atom stereocenters. The third kappa shape index (κ3) is 35.1. The van der Waals surface area contributed by atoms with E-state index in [1.807, 2.05) is 54.7 Å². The summed E-state index contributed by atoms with van der Waals surface area (Å²) in [6.45, 7) is 3.45. The predicted octanol–water partition coefficient (Wildman–Crippen LogP) is 9.93. The largest absolute Gasteiger partial charge is 0.472 e. The van der Waals surface area contributed by atoms with E-state index in [2.05, 4.69) is 32.1 Å². The zero-order valence-electron chi connectivity index (χ0n) is 30.4. The molecule has 10 heteroatoms. The number of ether oxygens (including phenoxy) is 2. The van der Waals surface area contributed by atoms with Crippen molar-refractivity contribution in [1.29, 1.82) is 0 Å². The van der Waals surface area contributed by atoms with Crippen molar-refractivity contribution in [2.24, 2.45) is 5.73 Å². The van der Waals surface area contributed by atoms with Crippen molar-refractivity contribution in [1.82, 2.24) is 0 Å². The van der Waals surface area contributed by atoms with Gasteiger partial charge in [0.15, 0.2) is 6.10 Å². The number of phosphoric ester groups is 1. The van der Waals surface area contributed by atoms with Crippen LogP contribution in [-0.4, -0.2) is 49.3 Å². The Balaban J connectivity index is 4.37. The van der Waals surface area contributed by atoms with E-state index in [0.29, 0.717) is 19.3 Å². The van der Waals surface area contributed by atoms with Crippen molar-refractivity contribution in [2.75, 3.05) is 26.4 Å². The summed E-state index contributed by atoms with van der Waals surface area (Å²) in [6, 6.07) is 0. The van der Waals surface area contributed by atoms with Gasteiger partial charge in [0, 0.05) is 19.4 Å². The lowest BCUT2D eigenvalue weighted by atomic mass is 10.1. The van der Waals surface area contributed by atoms with Crippen LogP contribution in [0.4, 0.5) is 0 Å². The monoisotopic (exact) mass is 707 g/mol. The van der Waals surface area contributed by atoms with Crippen molar-refractivity contribution in [3.05, 3.63) is 72.9 Å². The van der Waals surface area contributed by atoms with Crippen LogP contribution in [0.2, 0.25) is 0 Å². The molecule has 280 valence electrons. The van der Waals surface area contributed by atoms with Crippen LogP contribution in [0.5, 0.6) is 0 Å². The summed E-state index contributed by atoms with van der Waals surface area (Å²) < 4.78 is 32.5. The molecule has 2 unspecified atom stereocenters. The van der Waals surface area contributed by atoms with Gasteiger partial charge < -0.3 is 20.1 Å². The van der Waals surface area contributed by atoms with E-state index in [4.69, 9.17) is 24.3 Å². The van der Waals surface area contributed by atoms with Crippen molar-refractivity contribution in [2.45, 2.75) is 136 Å². The molecule has 3 N–H and O–H groups in total. The van der Waals surface area contributed by atoms with Crippen molar-refractivity contribution in [3.8, 4) is 0 Å². The first kappa shape index (κ1) is 46.5. The first-order valence-corrected chi connectivity index (χ1v) is 20.0.